The number of nitrogens with one attached hydrogen (secondary N) is 2. The van der Waals surface area contributed by atoms with Crippen molar-refractivity contribution in [2.24, 2.45) is 0 Å². The minimum Gasteiger partial charge on any atom is -0.363 e. The Bertz CT molecular complexity index is 1010. The maximum absolute atomic E-state index is 5.38. The second kappa shape index (κ2) is 8.43. The summed E-state index contributed by atoms with van der Waals surface area (Å²) in [6.45, 7) is 2.37. The predicted molar refractivity (Wildman–Crippen MR) is 104 cm³/mol. The molecule has 0 unspecified atom stereocenters. The summed E-state index contributed by atoms with van der Waals surface area (Å²) in [7, 11) is 0. The molecular formula is C20H21N7O. The van der Waals surface area contributed by atoms with E-state index in [0.29, 0.717) is 24.1 Å². The van der Waals surface area contributed by atoms with Gasteiger partial charge in [-0.15, -0.1) is 0 Å². The van der Waals surface area contributed by atoms with E-state index >= 15 is 0 Å². The highest BCUT2D eigenvalue weighted by Crippen LogP contribution is 2.18. The summed E-state index contributed by atoms with van der Waals surface area (Å²) in [4.78, 5) is 13.1. The molecule has 28 heavy (non-hydrogen) atoms. The van der Waals surface area contributed by atoms with Crippen molar-refractivity contribution < 1.29 is 4.52 Å². The smallest absolute Gasteiger partial charge is 0.259 e. The van der Waals surface area contributed by atoms with Crippen molar-refractivity contribution in [1.82, 2.24) is 30.3 Å². The van der Waals surface area contributed by atoms with Crippen LogP contribution in [-0.4, -0.2) is 30.3 Å². The second-order valence-electron chi connectivity index (χ2n) is 6.48. The molecule has 0 fully saturated rings. The lowest BCUT2D eigenvalue weighted by Crippen LogP contribution is -2.02. The molecule has 3 heterocycles. The SMILES string of the molecule is Cc1nc(CNc2ccc(-c3nc(CCCc4ccccc4)no3)cn2)n[nH]1. The van der Waals surface area contributed by atoms with Gasteiger partial charge in [-0.2, -0.15) is 10.1 Å². The fourth-order valence-electron chi connectivity index (χ4n) is 2.83. The normalized spacial score (nSPS) is 10.9. The third kappa shape index (κ3) is 4.59. The van der Waals surface area contributed by atoms with Crippen LogP contribution in [0.2, 0.25) is 0 Å². The molecule has 0 radical (unpaired) electrons. The molecule has 0 bridgehead atoms. The maximum Gasteiger partial charge on any atom is 0.259 e. The third-order valence-electron chi connectivity index (χ3n) is 4.26. The molecule has 0 amide bonds. The molecule has 0 aliphatic heterocycles. The minimum atomic E-state index is 0.485. The van der Waals surface area contributed by atoms with Gasteiger partial charge in [-0.25, -0.2) is 9.97 Å². The van der Waals surface area contributed by atoms with Gasteiger partial charge in [0, 0.05) is 12.6 Å². The van der Waals surface area contributed by atoms with Gasteiger partial charge in [0.25, 0.3) is 5.89 Å². The molecule has 4 aromatic rings. The summed E-state index contributed by atoms with van der Waals surface area (Å²) in [5.41, 5.74) is 2.11. The topological polar surface area (TPSA) is 105 Å². The number of pyridine rings is 1. The van der Waals surface area contributed by atoms with Gasteiger partial charge in [-0.3, -0.25) is 5.10 Å². The molecule has 1 aromatic carbocycles. The Labute approximate surface area is 162 Å². The van der Waals surface area contributed by atoms with Gasteiger partial charge in [0.2, 0.25) is 0 Å². The zero-order valence-corrected chi connectivity index (χ0v) is 15.6. The van der Waals surface area contributed by atoms with Gasteiger partial charge >= 0.3 is 0 Å². The summed E-state index contributed by atoms with van der Waals surface area (Å²) >= 11 is 0. The van der Waals surface area contributed by atoms with Crippen LogP contribution in [0.25, 0.3) is 11.5 Å². The van der Waals surface area contributed by atoms with Gasteiger partial charge in [0.15, 0.2) is 11.6 Å². The highest BCUT2D eigenvalue weighted by atomic mass is 16.5. The molecule has 0 atom stereocenters. The Kier molecular flexibility index (Phi) is 5.37. The van der Waals surface area contributed by atoms with Gasteiger partial charge in [-0.1, -0.05) is 35.5 Å². The summed E-state index contributed by atoms with van der Waals surface area (Å²) in [6.07, 6.45) is 4.47. The second-order valence-corrected chi connectivity index (χ2v) is 6.48. The molecule has 0 aliphatic rings. The van der Waals surface area contributed by atoms with Crippen LogP contribution in [0.15, 0.2) is 53.2 Å². The first-order valence-electron chi connectivity index (χ1n) is 9.21. The molecular weight excluding hydrogens is 354 g/mol. The van der Waals surface area contributed by atoms with E-state index in [0.717, 1.165) is 36.5 Å². The van der Waals surface area contributed by atoms with Crippen molar-refractivity contribution in [3.8, 4) is 11.5 Å². The lowest BCUT2D eigenvalue weighted by atomic mass is 10.1. The molecule has 4 rings (SSSR count). The first-order chi connectivity index (χ1) is 13.8. The molecule has 0 saturated heterocycles. The van der Waals surface area contributed by atoms with E-state index in [2.05, 4.69) is 59.9 Å². The van der Waals surface area contributed by atoms with Crippen LogP contribution in [-0.2, 0) is 19.4 Å². The lowest BCUT2D eigenvalue weighted by molar-refractivity contribution is 0.421. The summed E-state index contributed by atoms with van der Waals surface area (Å²) in [6, 6.07) is 14.2. The fraction of sp³-hybridized carbons (Fsp3) is 0.250. The standard InChI is InChI=1S/C20H21N7O/c1-14-23-19(26-25-14)13-22-17-11-10-16(12-21-17)20-24-18(27-28-20)9-5-8-15-6-3-2-4-7-15/h2-4,6-7,10-12H,5,8-9,13H2,1H3,(H,21,22)(H,23,25,26). The van der Waals surface area contributed by atoms with E-state index < -0.39 is 0 Å². The van der Waals surface area contributed by atoms with Crippen molar-refractivity contribution in [3.63, 3.8) is 0 Å². The number of H-pyrrole nitrogens is 1. The zero-order valence-electron chi connectivity index (χ0n) is 15.6. The highest BCUT2D eigenvalue weighted by molar-refractivity contribution is 5.54. The van der Waals surface area contributed by atoms with E-state index in [1.807, 2.05) is 25.1 Å². The highest BCUT2D eigenvalue weighted by Gasteiger charge is 2.10. The molecule has 8 heteroatoms. The number of aromatic amines is 1. The van der Waals surface area contributed by atoms with E-state index in [9.17, 15) is 0 Å². The summed E-state index contributed by atoms with van der Waals surface area (Å²) < 4.78 is 5.38. The average Bonchev–Trinajstić information content (AvgIpc) is 3.37. The van der Waals surface area contributed by atoms with E-state index in [-0.39, 0.29) is 0 Å². The van der Waals surface area contributed by atoms with Crippen molar-refractivity contribution >= 4 is 5.82 Å². The maximum atomic E-state index is 5.38. The first-order valence-corrected chi connectivity index (χ1v) is 9.21. The van der Waals surface area contributed by atoms with Crippen LogP contribution in [0, 0.1) is 6.92 Å². The van der Waals surface area contributed by atoms with Crippen LogP contribution < -0.4 is 5.32 Å². The summed E-state index contributed by atoms with van der Waals surface area (Å²) in [5, 5.41) is 14.1. The number of hydrogen-bond donors (Lipinski definition) is 2. The number of hydrogen-bond acceptors (Lipinski definition) is 7. The van der Waals surface area contributed by atoms with Crippen LogP contribution in [0.5, 0.6) is 0 Å². The van der Waals surface area contributed by atoms with Gasteiger partial charge in [-0.05, 0) is 37.5 Å². The fourth-order valence-corrected chi connectivity index (χ4v) is 2.83. The zero-order chi connectivity index (χ0) is 19.2. The molecule has 3 aromatic heterocycles. The number of aryl methyl sites for hydroxylation is 3. The molecule has 8 nitrogen and oxygen atoms in total. The first kappa shape index (κ1) is 17.8. The van der Waals surface area contributed by atoms with Gasteiger partial charge in [0.1, 0.15) is 11.6 Å². The average molecular weight is 375 g/mol. The van der Waals surface area contributed by atoms with Crippen molar-refractivity contribution in [3.05, 3.63) is 71.7 Å². The van der Waals surface area contributed by atoms with Crippen molar-refractivity contribution in [2.75, 3.05) is 5.32 Å². The van der Waals surface area contributed by atoms with E-state index in [1.54, 1.807) is 6.20 Å². The quantitative estimate of drug-likeness (QED) is 0.486. The number of rotatable bonds is 8. The van der Waals surface area contributed by atoms with Crippen LogP contribution >= 0.6 is 0 Å². The molecule has 0 saturated carbocycles. The monoisotopic (exact) mass is 375 g/mol. The van der Waals surface area contributed by atoms with Crippen LogP contribution in [0.3, 0.4) is 0 Å². The van der Waals surface area contributed by atoms with Crippen molar-refractivity contribution in [2.45, 2.75) is 32.7 Å². The van der Waals surface area contributed by atoms with Crippen molar-refractivity contribution in [1.29, 1.82) is 0 Å². The molecule has 2 N–H and O–H groups in total. The molecule has 0 spiro atoms. The Morgan fingerprint density at radius 2 is 1.89 bits per heavy atom. The Morgan fingerprint density at radius 1 is 1.00 bits per heavy atom. The Morgan fingerprint density at radius 3 is 2.64 bits per heavy atom. The minimum absolute atomic E-state index is 0.485. The molecule has 0 aliphatic carbocycles. The predicted octanol–water partition coefficient (Wildman–Crippen LogP) is 3.35. The van der Waals surface area contributed by atoms with Crippen LogP contribution in [0.1, 0.15) is 29.5 Å². The number of benzene rings is 1. The van der Waals surface area contributed by atoms with Crippen LogP contribution in [0.4, 0.5) is 5.82 Å². The summed E-state index contributed by atoms with van der Waals surface area (Å²) in [5.74, 6) is 3.41. The van der Waals surface area contributed by atoms with Gasteiger partial charge in [0.05, 0.1) is 12.1 Å². The Balaban J connectivity index is 1.30. The number of aromatic nitrogens is 6. The number of nitrogens with zero attached hydrogens (tertiary/aromatic N) is 5. The third-order valence-corrected chi connectivity index (χ3v) is 4.26. The van der Waals surface area contributed by atoms with Gasteiger partial charge < -0.3 is 9.84 Å². The Hall–Kier alpha value is -3.55. The largest absolute Gasteiger partial charge is 0.363 e. The van der Waals surface area contributed by atoms with E-state index in [1.165, 1.54) is 5.56 Å². The number of anilines is 1. The van der Waals surface area contributed by atoms with E-state index in [4.69, 9.17) is 4.52 Å². The lowest BCUT2D eigenvalue weighted by Gasteiger charge is -2.02. The molecule has 142 valence electrons.